The predicted molar refractivity (Wildman–Crippen MR) is 50.5 cm³/mol. The highest BCUT2D eigenvalue weighted by Crippen LogP contribution is 2.17. The lowest BCUT2D eigenvalue weighted by atomic mass is 9.95. The Morgan fingerprint density at radius 3 is 2.69 bits per heavy atom. The molecular formula is C7H12N2O3S. The van der Waals surface area contributed by atoms with E-state index in [2.05, 4.69) is 0 Å². The van der Waals surface area contributed by atoms with Gasteiger partial charge in [-0.25, -0.2) is 4.79 Å². The number of carbonyl (C=O) groups is 1. The van der Waals surface area contributed by atoms with Gasteiger partial charge in [-0.15, -0.1) is 0 Å². The summed E-state index contributed by atoms with van der Waals surface area (Å²) < 4.78 is 0. The lowest BCUT2D eigenvalue weighted by Gasteiger charge is -2.33. The molecular weight excluding hydrogens is 192 g/mol. The Morgan fingerprint density at radius 2 is 2.23 bits per heavy atom. The number of likely N-dealkylation sites (tertiary alicyclic amines) is 1. The van der Waals surface area contributed by atoms with Crippen molar-refractivity contribution in [3.05, 3.63) is 0 Å². The third-order valence-corrected chi connectivity index (χ3v) is 2.52. The Morgan fingerprint density at radius 1 is 1.62 bits per heavy atom. The van der Waals surface area contributed by atoms with Crippen molar-refractivity contribution in [3.63, 3.8) is 0 Å². The fourth-order valence-corrected chi connectivity index (χ4v) is 1.62. The minimum absolute atomic E-state index is 0.179. The van der Waals surface area contributed by atoms with Crippen LogP contribution in [0.15, 0.2) is 0 Å². The van der Waals surface area contributed by atoms with Gasteiger partial charge < -0.3 is 20.8 Å². The van der Waals surface area contributed by atoms with Crippen molar-refractivity contribution >= 4 is 23.3 Å². The van der Waals surface area contributed by atoms with Crippen molar-refractivity contribution in [1.82, 2.24) is 4.90 Å². The fraction of sp³-hybridized carbons (Fsp3) is 0.714. The van der Waals surface area contributed by atoms with Crippen LogP contribution in [0.25, 0.3) is 0 Å². The average Bonchev–Trinajstić information content (AvgIpc) is 2.04. The predicted octanol–water partition coefficient (Wildman–Crippen LogP) is -0.367. The summed E-state index contributed by atoms with van der Waals surface area (Å²) in [6, 6.07) is 0. The molecule has 0 aromatic heterocycles. The highest BCUT2D eigenvalue weighted by atomic mass is 32.1. The van der Waals surface area contributed by atoms with Crippen LogP contribution in [-0.2, 0) is 0 Å². The van der Waals surface area contributed by atoms with Crippen molar-refractivity contribution in [1.29, 1.82) is 0 Å². The first-order valence-corrected chi connectivity index (χ1v) is 4.38. The van der Waals surface area contributed by atoms with Crippen molar-refractivity contribution < 1.29 is 15.0 Å². The zero-order chi connectivity index (χ0) is 10.0. The number of rotatable bonds is 1. The maximum absolute atomic E-state index is 10.6. The van der Waals surface area contributed by atoms with Crippen LogP contribution in [0.3, 0.4) is 0 Å². The third kappa shape index (κ3) is 2.28. The van der Waals surface area contributed by atoms with E-state index in [0.29, 0.717) is 13.0 Å². The molecule has 1 aliphatic rings. The summed E-state index contributed by atoms with van der Waals surface area (Å²) in [7, 11) is 0. The zero-order valence-electron chi connectivity index (χ0n) is 7.01. The molecule has 6 heteroatoms. The Hall–Kier alpha value is -0.880. The lowest BCUT2D eigenvalue weighted by molar-refractivity contribution is 0.0550. The number of piperidine rings is 1. The number of thiocarbonyl (C=S) groups is 1. The topological polar surface area (TPSA) is 86.8 Å². The van der Waals surface area contributed by atoms with E-state index in [0.717, 1.165) is 0 Å². The standard InChI is InChI=1S/C7H12N2O3S/c8-6(13)4-3-9(7(11)12)2-1-5(4)10/h4-5,10H,1-3H2,(H2,8,13)(H,11,12). The van der Waals surface area contributed by atoms with Gasteiger partial charge >= 0.3 is 6.09 Å². The summed E-state index contributed by atoms with van der Waals surface area (Å²) in [5, 5.41) is 18.1. The van der Waals surface area contributed by atoms with Gasteiger partial charge in [0, 0.05) is 13.1 Å². The van der Waals surface area contributed by atoms with Gasteiger partial charge in [-0.1, -0.05) is 12.2 Å². The Kier molecular flexibility index (Phi) is 3.05. The molecule has 0 aliphatic carbocycles. The SMILES string of the molecule is NC(=S)C1CN(C(=O)O)CCC1O. The van der Waals surface area contributed by atoms with Gasteiger partial charge in [0.1, 0.15) is 0 Å². The summed E-state index contributed by atoms with van der Waals surface area (Å²) in [4.78, 5) is 12.0. The summed E-state index contributed by atoms with van der Waals surface area (Å²) >= 11 is 4.73. The van der Waals surface area contributed by atoms with Crippen LogP contribution in [0.5, 0.6) is 0 Å². The molecule has 1 aliphatic heterocycles. The summed E-state index contributed by atoms with van der Waals surface area (Å²) in [5.74, 6) is -0.403. The van der Waals surface area contributed by atoms with E-state index in [1.165, 1.54) is 4.90 Å². The van der Waals surface area contributed by atoms with E-state index in [1.807, 2.05) is 0 Å². The van der Waals surface area contributed by atoms with Crippen LogP contribution in [0.2, 0.25) is 0 Å². The number of aliphatic hydroxyl groups excluding tert-OH is 1. The number of nitrogens with zero attached hydrogens (tertiary/aromatic N) is 1. The summed E-state index contributed by atoms with van der Waals surface area (Å²) in [5.41, 5.74) is 5.37. The molecule has 5 nitrogen and oxygen atoms in total. The molecule has 1 rings (SSSR count). The number of carboxylic acid groups (broad SMARTS) is 1. The van der Waals surface area contributed by atoms with Crippen LogP contribution in [-0.4, -0.2) is 45.4 Å². The van der Waals surface area contributed by atoms with E-state index in [1.54, 1.807) is 0 Å². The van der Waals surface area contributed by atoms with E-state index < -0.39 is 18.1 Å². The Bertz CT molecular complexity index is 234. The van der Waals surface area contributed by atoms with Crippen molar-refractivity contribution in [2.45, 2.75) is 12.5 Å². The largest absolute Gasteiger partial charge is 0.465 e. The molecule has 0 spiro atoms. The number of aliphatic hydroxyl groups is 1. The second-order valence-electron chi connectivity index (χ2n) is 3.09. The van der Waals surface area contributed by atoms with Gasteiger partial charge in [0.05, 0.1) is 17.0 Å². The highest BCUT2D eigenvalue weighted by molar-refractivity contribution is 7.80. The Balaban J connectivity index is 2.63. The molecule has 2 unspecified atom stereocenters. The minimum Gasteiger partial charge on any atom is -0.465 e. The van der Waals surface area contributed by atoms with Crippen molar-refractivity contribution in [3.8, 4) is 0 Å². The fourth-order valence-electron chi connectivity index (χ4n) is 1.39. The van der Waals surface area contributed by atoms with E-state index in [4.69, 9.17) is 23.1 Å². The maximum atomic E-state index is 10.6. The van der Waals surface area contributed by atoms with Crippen molar-refractivity contribution in [2.75, 3.05) is 13.1 Å². The molecule has 0 bridgehead atoms. The minimum atomic E-state index is -0.992. The second-order valence-corrected chi connectivity index (χ2v) is 3.56. The molecule has 2 atom stereocenters. The second kappa shape index (κ2) is 3.89. The molecule has 4 N–H and O–H groups in total. The molecule has 0 radical (unpaired) electrons. The normalized spacial score (nSPS) is 28.5. The molecule has 13 heavy (non-hydrogen) atoms. The molecule has 1 saturated heterocycles. The molecule has 0 aromatic carbocycles. The number of hydrogen-bond donors (Lipinski definition) is 3. The van der Waals surface area contributed by atoms with Crippen molar-refractivity contribution in [2.24, 2.45) is 11.7 Å². The zero-order valence-corrected chi connectivity index (χ0v) is 7.83. The number of hydrogen-bond acceptors (Lipinski definition) is 3. The highest BCUT2D eigenvalue weighted by Gasteiger charge is 2.31. The smallest absolute Gasteiger partial charge is 0.407 e. The Labute approximate surface area is 81.1 Å². The van der Waals surface area contributed by atoms with Gasteiger partial charge in [0.2, 0.25) is 0 Å². The molecule has 1 amide bonds. The molecule has 0 aromatic rings. The van der Waals surface area contributed by atoms with Crippen LogP contribution >= 0.6 is 12.2 Å². The van der Waals surface area contributed by atoms with Gasteiger partial charge in [0.25, 0.3) is 0 Å². The first kappa shape index (κ1) is 10.2. The van der Waals surface area contributed by atoms with Gasteiger partial charge in [-0.2, -0.15) is 0 Å². The van der Waals surface area contributed by atoms with E-state index in [9.17, 15) is 9.90 Å². The summed E-state index contributed by atoms with van der Waals surface area (Å²) in [6.07, 6.45) is -1.20. The monoisotopic (exact) mass is 204 g/mol. The summed E-state index contributed by atoms with van der Waals surface area (Å²) in [6.45, 7) is 0.543. The van der Waals surface area contributed by atoms with Gasteiger partial charge in [-0.05, 0) is 6.42 Å². The van der Waals surface area contributed by atoms with E-state index in [-0.39, 0.29) is 11.5 Å². The van der Waals surface area contributed by atoms with Crippen LogP contribution in [0, 0.1) is 5.92 Å². The number of amides is 1. The average molecular weight is 204 g/mol. The first-order valence-electron chi connectivity index (χ1n) is 3.97. The van der Waals surface area contributed by atoms with Crippen LogP contribution in [0.1, 0.15) is 6.42 Å². The van der Waals surface area contributed by atoms with Crippen LogP contribution in [0.4, 0.5) is 4.79 Å². The van der Waals surface area contributed by atoms with Crippen LogP contribution < -0.4 is 5.73 Å². The van der Waals surface area contributed by atoms with E-state index >= 15 is 0 Å². The molecule has 74 valence electrons. The molecule has 1 fully saturated rings. The lowest BCUT2D eigenvalue weighted by Crippen LogP contribution is -2.49. The number of nitrogens with two attached hydrogens (primary N) is 1. The van der Waals surface area contributed by atoms with Gasteiger partial charge in [0.15, 0.2) is 0 Å². The third-order valence-electron chi connectivity index (χ3n) is 2.21. The first-order chi connectivity index (χ1) is 6.02. The molecule has 1 heterocycles. The van der Waals surface area contributed by atoms with Gasteiger partial charge in [-0.3, -0.25) is 0 Å². The molecule has 0 saturated carbocycles. The maximum Gasteiger partial charge on any atom is 0.407 e. The quantitative estimate of drug-likeness (QED) is 0.507.